The molecule has 0 aromatic heterocycles. The number of carbonyl (C=O) groups excluding carboxylic acids is 4. The first-order valence-electron chi connectivity index (χ1n) is 14.4. The number of hydrogen-bond donors (Lipinski definition) is 1. The van der Waals surface area contributed by atoms with Gasteiger partial charge in [0.05, 0.1) is 6.61 Å². The van der Waals surface area contributed by atoms with Gasteiger partial charge in [0.15, 0.2) is 36.4 Å². The highest BCUT2D eigenvalue weighted by molar-refractivity contribution is 6.67. The fourth-order valence-electron chi connectivity index (χ4n) is 5.54. The molecule has 262 valence electrons. The third kappa shape index (κ3) is 9.67. The van der Waals surface area contributed by atoms with Crippen molar-refractivity contribution in [3.05, 3.63) is 0 Å². The molecule has 4 rings (SSSR count). The Morgan fingerprint density at radius 2 is 1.30 bits per heavy atom. The molecule has 0 aromatic carbocycles. The summed E-state index contributed by atoms with van der Waals surface area (Å²) in [6, 6.07) is -1.39. The van der Waals surface area contributed by atoms with E-state index in [1.54, 1.807) is 27.7 Å². The Morgan fingerprint density at radius 3 is 1.91 bits per heavy atom. The molecule has 4 fully saturated rings. The van der Waals surface area contributed by atoms with Gasteiger partial charge in [-0.2, -0.15) is 0 Å². The van der Waals surface area contributed by atoms with E-state index in [0.29, 0.717) is 0 Å². The summed E-state index contributed by atoms with van der Waals surface area (Å²) >= 11 is 17.1. The summed E-state index contributed by atoms with van der Waals surface area (Å²) in [7, 11) is 0. The lowest BCUT2D eigenvalue weighted by atomic mass is 9.96. The summed E-state index contributed by atoms with van der Waals surface area (Å²) in [6.07, 6.45) is -10.2. The van der Waals surface area contributed by atoms with Crippen molar-refractivity contribution in [2.75, 3.05) is 19.8 Å². The molecule has 4 aliphatic rings. The fraction of sp³-hybridized carbons (Fsp3) is 0.852. The van der Waals surface area contributed by atoms with Crippen molar-refractivity contribution in [3.63, 3.8) is 0 Å². The van der Waals surface area contributed by atoms with Crippen LogP contribution in [-0.2, 0) is 66.5 Å². The van der Waals surface area contributed by atoms with Crippen molar-refractivity contribution in [1.82, 2.24) is 5.32 Å². The van der Waals surface area contributed by atoms with Crippen LogP contribution in [0.25, 0.3) is 0 Å². The van der Waals surface area contributed by atoms with Crippen LogP contribution in [0.3, 0.4) is 0 Å². The summed E-state index contributed by atoms with van der Waals surface area (Å²) in [5.41, 5.74) is 0. The summed E-state index contributed by atoms with van der Waals surface area (Å²) in [5.74, 6) is -4.21. The highest BCUT2D eigenvalue weighted by atomic mass is 35.6. The van der Waals surface area contributed by atoms with Crippen molar-refractivity contribution < 1.29 is 71.3 Å². The molecule has 0 saturated carbocycles. The Balaban J connectivity index is 1.62. The minimum atomic E-state index is -1.94. The molecule has 19 heteroatoms. The van der Waals surface area contributed by atoms with E-state index < -0.39 is 114 Å². The quantitative estimate of drug-likeness (QED) is 0.207. The number of hydrogen-bond acceptors (Lipinski definition) is 15. The number of carbonyl (C=O) groups is 4. The molecule has 16 nitrogen and oxygen atoms in total. The lowest BCUT2D eigenvalue weighted by Crippen LogP contribution is -2.67. The molecule has 1 amide bonds. The standard InChI is InChI=1S/C27H38Cl3NO15/c1-11(32)36-8-14-17(39-12(2)33)19(40-13(3)34)16(31-24(35)38-10-27(28,29)30)22(41-14)37-9-15-18-20(44-25(4,5)43-18)21-23(42-15)46-26(6,7)45-21/h14-23H,8-10H2,1-7H3,(H,31,35)/t14-,15-,16-,17-,18+,19-,20+,21-,22-,23-/m1/s1. The van der Waals surface area contributed by atoms with E-state index in [4.69, 9.17) is 86.9 Å². The highest BCUT2D eigenvalue weighted by Gasteiger charge is 2.61. The van der Waals surface area contributed by atoms with Gasteiger partial charge in [0, 0.05) is 20.8 Å². The molecule has 4 saturated heterocycles. The van der Waals surface area contributed by atoms with Crippen molar-refractivity contribution >= 4 is 58.8 Å². The van der Waals surface area contributed by atoms with Gasteiger partial charge >= 0.3 is 24.0 Å². The van der Waals surface area contributed by atoms with Crippen molar-refractivity contribution in [2.24, 2.45) is 0 Å². The number of fused-ring (bicyclic) bond motifs is 3. The van der Waals surface area contributed by atoms with Gasteiger partial charge in [-0.1, -0.05) is 34.8 Å². The predicted molar refractivity (Wildman–Crippen MR) is 153 cm³/mol. The number of ether oxygens (including phenoxy) is 11. The lowest BCUT2D eigenvalue weighted by Gasteiger charge is -2.45. The van der Waals surface area contributed by atoms with Gasteiger partial charge in [0.25, 0.3) is 0 Å². The maximum atomic E-state index is 12.8. The smallest absolute Gasteiger partial charge is 0.407 e. The van der Waals surface area contributed by atoms with Gasteiger partial charge in [-0.05, 0) is 27.7 Å². The van der Waals surface area contributed by atoms with Gasteiger partial charge < -0.3 is 57.4 Å². The number of esters is 3. The molecule has 0 bridgehead atoms. The molecule has 4 heterocycles. The van der Waals surface area contributed by atoms with Gasteiger partial charge in [-0.15, -0.1) is 0 Å². The van der Waals surface area contributed by atoms with Crippen LogP contribution in [0.15, 0.2) is 0 Å². The summed E-state index contributed by atoms with van der Waals surface area (Å²) in [4.78, 5) is 48.9. The van der Waals surface area contributed by atoms with E-state index in [-0.39, 0.29) is 6.61 Å². The zero-order valence-electron chi connectivity index (χ0n) is 26.2. The molecule has 4 aliphatic heterocycles. The normalized spacial score (nSPS) is 36.1. The maximum Gasteiger partial charge on any atom is 0.407 e. The van der Waals surface area contributed by atoms with Gasteiger partial charge in [-0.3, -0.25) is 14.4 Å². The van der Waals surface area contributed by atoms with Crippen LogP contribution < -0.4 is 5.32 Å². The minimum absolute atomic E-state index is 0.245. The van der Waals surface area contributed by atoms with Crippen molar-refractivity contribution in [1.29, 1.82) is 0 Å². The third-order valence-electron chi connectivity index (χ3n) is 7.03. The molecule has 0 aliphatic carbocycles. The van der Waals surface area contributed by atoms with Crippen molar-refractivity contribution in [3.8, 4) is 0 Å². The van der Waals surface area contributed by atoms with Crippen LogP contribution >= 0.6 is 34.8 Å². The van der Waals surface area contributed by atoms with Crippen LogP contribution in [0.2, 0.25) is 0 Å². The van der Waals surface area contributed by atoms with Crippen LogP contribution in [0.4, 0.5) is 4.79 Å². The molecular weight excluding hydrogens is 685 g/mol. The number of alkyl carbamates (subject to hydrolysis) is 1. The van der Waals surface area contributed by atoms with E-state index in [1.165, 1.54) is 0 Å². The second-order valence-electron chi connectivity index (χ2n) is 11.9. The first-order valence-corrected chi connectivity index (χ1v) is 15.5. The lowest BCUT2D eigenvalue weighted by molar-refractivity contribution is -0.296. The van der Waals surface area contributed by atoms with Crippen LogP contribution in [0.5, 0.6) is 0 Å². The molecule has 1 N–H and O–H groups in total. The number of nitrogens with one attached hydrogen (secondary N) is 1. The molecule has 0 radical (unpaired) electrons. The highest BCUT2D eigenvalue weighted by Crippen LogP contribution is 2.44. The third-order valence-corrected chi connectivity index (χ3v) is 7.36. The van der Waals surface area contributed by atoms with E-state index >= 15 is 0 Å². The Bertz CT molecular complexity index is 1150. The van der Waals surface area contributed by atoms with E-state index in [9.17, 15) is 19.2 Å². The maximum absolute atomic E-state index is 12.8. The Morgan fingerprint density at radius 1 is 0.717 bits per heavy atom. The molecule has 0 aromatic rings. The molecule has 0 unspecified atom stereocenters. The number of halogens is 3. The summed E-state index contributed by atoms with van der Waals surface area (Å²) in [6.45, 7) is 9.01. The predicted octanol–water partition coefficient (Wildman–Crippen LogP) is 2.02. The van der Waals surface area contributed by atoms with Gasteiger partial charge in [-0.25, -0.2) is 4.79 Å². The van der Waals surface area contributed by atoms with E-state index in [0.717, 1.165) is 20.8 Å². The fourth-order valence-corrected chi connectivity index (χ4v) is 5.70. The van der Waals surface area contributed by atoms with Crippen LogP contribution in [-0.4, -0.2) is 121 Å². The van der Waals surface area contributed by atoms with E-state index in [2.05, 4.69) is 5.32 Å². The van der Waals surface area contributed by atoms with Crippen LogP contribution in [0, 0.1) is 0 Å². The summed E-state index contributed by atoms with van der Waals surface area (Å²) in [5, 5.41) is 2.48. The number of rotatable bonds is 9. The second-order valence-corrected chi connectivity index (χ2v) is 14.4. The molecule has 46 heavy (non-hydrogen) atoms. The monoisotopic (exact) mass is 721 g/mol. The Labute approximate surface area is 280 Å². The van der Waals surface area contributed by atoms with E-state index in [1.807, 2.05) is 0 Å². The Kier molecular flexibility index (Phi) is 11.6. The molecule has 10 atom stereocenters. The topological polar surface area (TPSA) is 182 Å². The summed E-state index contributed by atoms with van der Waals surface area (Å²) < 4.78 is 61.8. The van der Waals surface area contributed by atoms with Gasteiger partial charge in [0.2, 0.25) is 3.79 Å². The van der Waals surface area contributed by atoms with Gasteiger partial charge in [0.1, 0.15) is 49.8 Å². The molecule has 0 spiro atoms. The molecular formula is C27H38Cl3NO15. The average Bonchev–Trinajstić information content (AvgIpc) is 3.40. The minimum Gasteiger partial charge on any atom is -0.463 e. The first-order chi connectivity index (χ1) is 21.2. The second kappa shape index (κ2) is 14.4. The first kappa shape index (κ1) is 37.1. The number of amides is 1. The Hall–Kier alpha value is -1.73. The zero-order chi connectivity index (χ0) is 34.2. The zero-order valence-corrected chi connectivity index (χ0v) is 28.4. The largest absolute Gasteiger partial charge is 0.463 e. The average molecular weight is 723 g/mol. The number of alkyl halides is 3. The van der Waals surface area contributed by atoms with Crippen molar-refractivity contribution in [2.45, 2.75) is 125 Å². The van der Waals surface area contributed by atoms with Crippen LogP contribution in [0.1, 0.15) is 48.5 Å². The SMILES string of the molecule is CC(=O)OC[C@H]1O[C@@H](OC[C@H]2O[C@@H]3OC(C)(C)O[C@@H]3[C@H]3OC(C)(C)O[C@H]32)[C@H](NC(=O)OCC(Cl)(Cl)Cl)[C@@H](OC(C)=O)[C@@H]1OC(C)=O.